The maximum absolute atomic E-state index is 6.17. The van der Waals surface area contributed by atoms with E-state index in [1.54, 1.807) is 6.20 Å². The van der Waals surface area contributed by atoms with Crippen LogP contribution in [-0.2, 0) is 0 Å². The molecule has 6 heteroatoms. The Hall–Kier alpha value is -0.680. The summed E-state index contributed by atoms with van der Waals surface area (Å²) in [4.78, 5) is 10.8. The molecule has 0 aliphatic carbocycles. The van der Waals surface area contributed by atoms with Crippen molar-refractivity contribution >= 4 is 35.1 Å². The molecular formula is C11H17ClN4S. The number of halogens is 1. The summed E-state index contributed by atoms with van der Waals surface area (Å²) in [6, 6.07) is 0.530. The smallest absolute Gasteiger partial charge is 0.224 e. The molecule has 1 fully saturated rings. The summed E-state index contributed by atoms with van der Waals surface area (Å²) in [6.45, 7) is 2.83. The Bertz CT molecular complexity index is 382. The molecule has 1 N–H and O–H groups in total. The lowest BCUT2D eigenvalue weighted by Crippen LogP contribution is -2.32. The Balaban J connectivity index is 2.19. The minimum atomic E-state index is 0.530. The fourth-order valence-corrected chi connectivity index (χ4v) is 3.34. The number of anilines is 2. The third-order valence-electron chi connectivity index (χ3n) is 2.85. The van der Waals surface area contributed by atoms with E-state index in [4.69, 9.17) is 11.6 Å². The van der Waals surface area contributed by atoms with Gasteiger partial charge in [0, 0.05) is 25.4 Å². The highest BCUT2D eigenvalue weighted by atomic mass is 35.5. The summed E-state index contributed by atoms with van der Waals surface area (Å²) in [5.41, 5.74) is 0. The molecule has 1 aromatic heterocycles. The van der Waals surface area contributed by atoms with Crippen LogP contribution in [0.2, 0.25) is 5.02 Å². The second kappa shape index (κ2) is 5.78. The van der Waals surface area contributed by atoms with E-state index in [0.29, 0.717) is 17.0 Å². The number of nitrogens with zero attached hydrogens (tertiary/aromatic N) is 3. The van der Waals surface area contributed by atoms with Gasteiger partial charge in [0.05, 0.1) is 6.20 Å². The lowest BCUT2D eigenvalue weighted by molar-refractivity contribution is 0.691. The van der Waals surface area contributed by atoms with Gasteiger partial charge in [-0.2, -0.15) is 16.7 Å². The summed E-state index contributed by atoms with van der Waals surface area (Å²) >= 11 is 8.15. The van der Waals surface area contributed by atoms with Crippen LogP contribution in [0.15, 0.2) is 6.20 Å². The maximum atomic E-state index is 6.17. The van der Waals surface area contributed by atoms with Crippen molar-refractivity contribution < 1.29 is 0 Å². The molecule has 0 amide bonds. The predicted octanol–water partition coefficient (Wildman–Crippen LogP) is 2.50. The van der Waals surface area contributed by atoms with Crippen molar-refractivity contribution in [3.05, 3.63) is 11.2 Å². The first kappa shape index (κ1) is 12.8. The molecule has 1 atom stereocenters. The summed E-state index contributed by atoms with van der Waals surface area (Å²) < 4.78 is 0. The SMILES string of the molecule is CCNc1ncc(Cl)c(N(C)C2CCSC2)n1. The van der Waals surface area contributed by atoms with Crippen LogP contribution in [-0.4, -0.2) is 41.1 Å². The molecule has 1 unspecified atom stereocenters. The van der Waals surface area contributed by atoms with E-state index in [-0.39, 0.29) is 0 Å². The Morgan fingerprint density at radius 1 is 1.65 bits per heavy atom. The van der Waals surface area contributed by atoms with Gasteiger partial charge in [-0.25, -0.2) is 4.98 Å². The molecule has 1 aliphatic heterocycles. The monoisotopic (exact) mass is 272 g/mol. The molecule has 0 saturated carbocycles. The first-order valence-corrected chi connectivity index (χ1v) is 7.32. The molecule has 0 bridgehead atoms. The summed E-state index contributed by atoms with van der Waals surface area (Å²) in [6.07, 6.45) is 2.86. The first-order valence-electron chi connectivity index (χ1n) is 5.79. The van der Waals surface area contributed by atoms with E-state index < -0.39 is 0 Å². The van der Waals surface area contributed by atoms with E-state index in [1.807, 2.05) is 18.7 Å². The van der Waals surface area contributed by atoms with Crippen molar-refractivity contribution in [3.8, 4) is 0 Å². The van der Waals surface area contributed by atoms with Gasteiger partial charge in [0.1, 0.15) is 5.02 Å². The van der Waals surface area contributed by atoms with Crippen LogP contribution in [0.1, 0.15) is 13.3 Å². The van der Waals surface area contributed by atoms with Gasteiger partial charge in [0.25, 0.3) is 0 Å². The van der Waals surface area contributed by atoms with Crippen molar-refractivity contribution in [2.75, 3.05) is 35.3 Å². The number of aromatic nitrogens is 2. The zero-order chi connectivity index (χ0) is 12.3. The molecule has 1 aromatic rings. The van der Waals surface area contributed by atoms with Crippen molar-refractivity contribution in [2.24, 2.45) is 0 Å². The number of rotatable bonds is 4. The first-order chi connectivity index (χ1) is 8.22. The minimum absolute atomic E-state index is 0.530. The number of hydrogen-bond acceptors (Lipinski definition) is 5. The molecule has 0 radical (unpaired) electrons. The van der Waals surface area contributed by atoms with Gasteiger partial charge in [-0.1, -0.05) is 11.6 Å². The lowest BCUT2D eigenvalue weighted by Gasteiger charge is -2.25. The second-order valence-corrected chi connectivity index (χ2v) is 5.58. The highest BCUT2D eigenvalue weighted by Gasteiger charge is 2.23. The van der Waals surface area contributed by atoms with Crippen LogP contribution in [0.4, 0.5) is 11.8 Å². The highest BCUT2D eigenvalue weighted by Crippen LogP contribution is 2.29. The second-order valence-electron chi connectivity index (χ2n) is 4.02. The Morgan fingerprint density at radius 2 is 2.47 bits per heavy atom. The number of nitrogens with one attached hydrogen (secondary N) is 1. The third kappa shape index (κ3) is 2.96. The largest absolute Gasteiger partial charge is 0.354 e. The van der Waals surface area contributed by atoms with Crippen molar-refractivity contribution in [1.29, 1.82) is 0 Å². The lowest BCUT2D eigenvalue weighted by atomic mass is 10.2. The van der Waals surface area contributed by atoms with Crippen LogP contribution in [0, 0.1) is 0 Å². The maximum Gasteiger partial charge on any atom is 0.224 e. The topological polar surface area (TPSA) is 41.1 Å². The fraction of sp³-hybridized carbons (Fsp3) is 0.636. The molecular weight excluding hydrogens is 256 g/mol. The van der Waals surface area contributed by atoms with Crippen LogP contribution in [0.3, 0.4) is 0 Å². The molecule has 2 heterocycles. The van der Waals surface area contributed by atoms with Gasteiger partial charge < -0.3 is 10.2 Å². The predicted molar refractivity (Wildman–Crippen MR) is 75.3 cm³/mol. The molecule has 1 saturated heterocycles. The number of hydrogen-bond donors (Lipinski definition) is 1. The summed E-state index contributed by atoms with van der Waals surface area (Å²) in [5.74, 6) is 3.83. The highest BCUT2D eigenvalue weighted by molar-refractivity contribution is 7.99. The van der Waals surface area contributed by atoms with Crippen LogP contribution in [0.25, 0.3) is 0 Å². The normalized spacial score (nSPS) is 19.4. The van der Waals surface area contributed by atoms with Crippen molar-refractivity contribution in [3.63, 3.8) is 0 Å². The van der Waals surface area contributed by atoms with Crippen molar-refractivity contribution in [1.82, 2.24) is 9.97 Å². The van der Waals surface area contributed by atoms with E-state index in [1.165, 1.54) is 12.2 Å². The zero-order valence-electron chi connectivity index (χ0n) is 10.1. The van der Waals surface area contributed by atoms with Crippen molar-refractivity contribution in [2.45, 2.75) is 19.4 Å². The standard InChI is InChI=1S/C11H17ClN4S/c1-3-13-11-14-6-9(12)10(15-11)16(2)8-4-5-17-7-8/h6,8H,3-5,7H2,1-2H3,(H,13,14,15). The average Bonchev–Trinajstić information content (AvgIpc) is 2.85. The van der Waals surface area contributed by atoms with Crippen LogP contribution in [0.5, 0.6) is 0 Å². The third-order valence-corrected chi connectivity index (χ3v) is 4.26. The fourth-order valence-electron chi connectivity index (χ4n) is 1.85. The number of thioether (sulfide) groups is 1. The van der Waals surface area contributed by atoms with Gasteiger partial charge in [0.2, 0.25) is 5.95 Å². The Kier molecular flexibility index (Phi) is 4.34. The van der Waals surface area contributed by atoms with Gasteiger partial charge in [0.15, 0.2) is 5.82 Å². The molecule has 4 nitrogen and oxygen atoms in total. The quantitative estimate of drug-likeness (QED) is 0.912. The van der Waals surface area contributed by atoms with E-state index in [0.717, 1.165) is 18.1 Å². The van der Waals surface area contributed by atoms with Gasteiger partial charge in [-0.3, -0.25) is 0 Å². The molecule has 0 spiro atoms. The summed E-state index contributed by atoms with van der Waals surface area (Å²) in [7, 11) is 2.06. The van der Waals surface area contributed by atoms with Gasteiger partial charge >= 0.3 is 0 Å². The average molecular weight is 273 g/mol. The van der Waals surface area contributed by atoms with Gasteiger partial charge in [-0.05, 0) is 19.1 Å². The van der Waals surface area contributed by atoms with E-state index >= 15 is 0 Å². The molecule has 2 rings (SSSR count). The van der Waals surface area contributed by atoms with Crippen LogP contribution >= 0.6 is 23.4 Å². The molecule has 94 valence electrons. The molecule has 17 heavy (non-hydrogen) atoms. The van der Waals surface area contributed by atoms with Gasteiger partial charge in [-0.15, -0.1) is 0 Å². The molecule has 1 aliphatic rings. The zero-order valence-corrected chi connectivity index (χ0v) is 11.7. The van der Waals surface area contributed by atoms with E-state index in [2.05, 4.69) is 27.2 Å². The Labute approximate surface area is 111 Å². The Morgan fingerprint density at radius 3 is 3.12 bits per heavy atom. The summed E-state index contributed by atoms with van der Waals surface area (Å²) in [5, 5.41) is 3.72. The minimum Gasteiger partial charge on any atom is -0.354 e. The van der Waals surface area contributed by atoms with E-state index in [9.17, 15) is 0 Å². The van der Waals surface area contributed by atoms with Crippen LogP contribution < -0.4 is 10.2 Å². The molecule has 0 aromatic carbocycles.